The molecule has 10 heteroatoms. The average molecular weight is 364 g/mol. The molecule has 0 spiro atoms. The normalized spacial score (nSPS) is 27.2. The lowest BCUT2D eigenvalue weighted by Gasteiger charge is -2.20. The van der Waals surface area contributed by atoms with Gasteiger partial charge in [-0.1, -0.05) is 0 Å². The largest absolute Gasteiger partial charge is 0.472 e. The van der Waals surface area contributed by atoms with Crippen molar-refractivity contribution in [2.24, 2.45) is 5.92 Å². The van der Waals surface area contributed by atoms with Crippen LogP contribution >= 0.6 is 0 Å². The van der Waals surface area contributed by atoms with Gasteiger partial charge in [0.25, 0.3) is 11.8 Å². The lowest BCUT2D eigenvalue weighted by molar-refractivity contribution is 0.0784. The highest BCUT2D eigenvalue weighted by Gasteiger charge is 2.53. The van der Waals surface area contributed by atoms with E-state index in [0.29, 0.717) is 11.1 Å². The van der Waals surface area contributed by atoms with Crippen molar-refractivity contribution in [3.63, 3.8) is 0 Å². The number of H-pyrrole nitrogens is 1. The molecule has 0 aromatic carbocycles. The molecule has 0 unspecified atom stereocenters. The predicted octanol–water partition coefficient (Wildman–Crippen LogP) is -0.330. The third-order valence-electron chi connectivity index (χ3n) is 4.83. The second-order valence-electron chi connectivity index (χ2n) is 6.32. The molecule has 2 aliphatic heterocycles. The van der Waals surface area contributed by atoms with Crippen molar-refractivity contribution < 1.29 is 22.4 Å². The van der Waals surface area contributed by atoms with Crippen LogP contribution in [0.25, 0.3) is 0 Å². The van der Waals surface area contributed by atoms with Gasteiger partial charge in [0.2, 0.25) is 0 Å². The number of furan rings is 1. The summed E-state index contributed by atoms with van der Waals surface area (Å²) in [7, 11) is -3.38. The molecule has 0 saturated carbocycles. The quantitative estimate of drug-likeness (QED) is 0.768. The van der Waals surface area contributed by atoms with Crippen LogP contribution in [0.5, 0.6) is 0 Å². The molecule has 4 rings (SSSR count). The van der Waals surface area contributed by atoms with Crippen LogP contribution in [0.15, 0.2) is 35.4 Å². The van der Waals surface area contributed by atoms with E-state index in [1.165, 1.54) is 35.9 Å². The minimum Gasteiger partial charge on any atom is -0.472 e. The first-order valence-corrected chi connectivity index (χ1v) is 9.50. The van der Waals surface area contributed by atoms with Crippen LogP contribution in [0.4, 0.5) is 0 Å². The van der Waals surface area contributed by atoms with Gasteiger partial charge in [-0.25, -0.2) is 8.42 Å². The van der Waals surface area contributed by atoms with Gasteiger partial charge in [0.1, 0.15) is 6.26 Å². The maximum atomic E-state index is 12.5. The molecule has 3 atom stereocenters. The van der Waals surface area contributed by atoms with E-state index in [1.807, 2.05) is 0 Å². The second kappa shape index (κ2) is 5.73. The van der Waals surface area contributed by atoms with Crippen molar-refractivity contribution in [3.05, 3.63) is 42.1 Å². The number of aromatic amines is 1. The lowest BCUT2D eigenvalue weighted by atomic mass is 10.0. The highest BCUT2D eigenvalue weighted by Crippen LogP contribution is 2.34. The Morgan fingerprint density at radius 3 is 2.84 bits per heavy atom. The van der Waals surface area contributed by atoms with Crippen molar-refractivity contribution in [3.8, 4) is 0 Å². The first kappa shape index (κ1) is 15.9. The summed E-state index contributed by atoms with van der Waals surface area (Å²) in [6.45, 7) is 0.416. The molecule has 2 aliphatic rings. The molecule has 25 heavy (non-hydrogen) atoms. The van der Waals surface area contributed by atoms with E-state index in [1.54, 1.807) is 0 Å². The minimum absolute atomic E-state index is 0.111. The SMILES string of the molecule is O=C(N[C@@H]1CS(=O)(=O)[C@H]2CN(C(=O)c3cn[nH]c3)C[C@@H]12)c1ccoc1. The standard InChI is InChI=1S/C15H16N4O5S/c20-14(9-1-2-24-7-9)18-12-8-25(22,23)13-6-19(5-11(12)13)15(21)10-3-16-17-4-10/h1-4,7,11-13H,5-6,8H2,(H,16,17)(H,18,20)/t11-,12+,13-/m0/s1. The number of nitrogens with one attached hydrogen (secondary N) is 2. The molecule has 2 aromatic rings. The molecule has 2 aromatic heterocycles. The third-order valence-corrected chi connectivity index (χ3v) is 7.08. The molecule has 0 radical (unpaired) electrons. The summed E-state index contributed by atoms with van der Waals surface area (Å²) in [5.74, 6) is -1.08. The van der Waals surface area contributed by atoms with Crippen molar-refractivity contribution >= 4 is 21.7 Å². The summed E-state index contributed by atoms with van der Waals surface area (Å²) in [6, 6.07) is 0.985. The number of carbonyl (C=O) groups is 2. The zero-order valence-corrected chi connectivity index (χ0v) is 13.9. The molecular weight excluding hydrogens is 348 g/mol. The highest BCUT2D eigenvalue weighted by atomic mass is 32.2. The Bertz CT molecular complexity index is 891. The summed E-state index contributed by atoms with van der Waals surface area (Å²) in [4.78, 5) is 26.1. The van der Waals surface area contributed by atoms with Crippen LogP contribution in [0, 0.1) is 5.92 Å². The van der Waals surface area contributed by atoms with Crippen LogP contribution in [0.3, 0.4) is 0 Å². The van der Waals surface area contributed by atoms with Gasteiger partial charge in [-0.05, 0) is 6.07 Å². The number of nitrogens with zero attached hydrogens (tertiary/aromatic N) is 2. The van der Waals surface area contributed by atoms with E-state index in [4.69, 9.17) is 4.42 Å². The van der Waals surface area contributed by atoms with Gasteiger partial charge in [0.05, 0.1) is 34.6 Å². The Labute approximate surface area is 143 Å². The zero-order valence-electron chi connectivity index (χ0n) is 13.1. The van der Waals surface area contributed by atoms with Crippen LogP contribution in [-0.2, 0) is 9.84 Å². The van der Waals surface area contributed by atoms with Gasteiger partial charge < -0.3 is 14.6 Å². The Morgan fingerprint density at radius 1 is 1.32 bits per heavy atom. The van der Waals surface area contributed by atoms with Crippen molar-refractivity contribution in [1.29, 1.82) is 0 Å². The number of fused-ring (bicyclic) bond motifs is 1. The fraction of sp³-hybridized carbons (Fsp3) is 0.400. The maximum Gasteiger partial charge on any atom is 0.257 e. The molecule has 9 nitrogen and oxygen atoms in total. The predicted molar refractivity (Wildman–Crippen MR) is 85.5 cm³/mol. The average Bonchev–Trinajstić information content (AvgIpc) is 3.35. The molecule has 4 heterocycles. The molecule has 0 aliphatic carbocycles. The number of rotatable bonds is 3. The van der Waals surface area contributed by atoms with E-state index in [-0.39, 0.29) is 36.6 Å². The number of sulfone groups is 1. The zero-order chi connectivity index (χ0) is 17.6. The third kappa shape index (κ3) is 2.72. The first-order chi connectivity index (χ1) is 12.0. The summed E-state index contributed by atoms with van der Waals surface area (Å²) >= 11 is 0. The van der Waals surface area contributed by atoms with E-state index in [2.05, 4.69) is 15.5 Å². The fourth-order valence-corrected chi connectivity index (χ4v) is 5.87. The smallest absolute Gasteiger partial charge is 0.257 e. The van der Waals surface area contributed by atoms with Gasteiger partial charge in [-0.3, -0.25) is 14.7 Å². The Balaban J connectivity index is 1.52. The number of likely N-dealkylation sites (tertiary alicyclic amines) is 1. The van der Waals surface area contributed by atoms with E-state index >= 15 is 0 Å². The molecule has 2 saturated heterocycles. The van der Waals surface area contributed by atoms with Gasteiger partial charge in [0.15, 0.2) is 9.84 Å². The summed E-state index contributed by atoms with van der Waals surface area (Å²) < 4.78 is 29.8. The molecular formula is C15H16N4O5S. The number of carbonyl (C=O) groups excluding carboxylic acids is 2. The first-order valence-electron chi connectivity index (χ1n) is 7.78. The number of amides is 2. The van der Waals surface area contributed by atoms with E-state index in [0.717, 1.165) is 0 Å². The molecule has 2 fully saturated rings. The van der Waals surface area contributed by atoms with E-state index in [9.17, 15) is 18.0 Å². The van der Waals surface area contributed by atoms with Gasteiger partial charge in [0, 0.05) is 31.2 Å². The van der Waals surface area contributed by atoms with Gasteiger partial charge >= 0.3 is 0 Å². The van der Waals surface area contributed by atoms with Gasteiger partial charge in [-0.2, -0.15) is 5.10 Å². The van der Waals surface area contributed by atoms with E-state index < -0.39 is 21.1 Å². The number of aromatic nitrogens is 2. The topological polar surface area (TPSA) is 125 Å². The summed E-state index contributed by atoms with van der Waals surface area (Å²) in [5.41, 5.74) is 0.724. The van der Waals surface area contributed by atoms with Crippen LogP contribution in [0.2, 0.25) is 0 Å². The molecule has 2 amide bonds. The van der Waals surface area contributed by atoms with Crippen molar-refractivity contribution in [2.45, 2.75) is 11.3 Å². The van der Waals surface area contributed by atoms with Crippen LogP contribution in [0.1, 0.15) is 20.7 Å². The Kier molecular flexibility index (Phi) is 3.64. The highest BCUT2D eigenvalue weighted by molar-refractivity contribution is 7.92. The van der Waals surface area contributed by atoms with Crippen LogP contribution < -0.4 is 5.32 Å². The monoisotopic (exact) mass is 364 g/mol. The fourth-order valence-electron chi connectivity index (χ4n) is 3.57. The van der Waals surface area contributed by atoms with Gasteiger partial charge in [-0.15, -0.1) is 0 Å². The Hall–Kier alpha value is -2.62. The minimum atomic E-state index is -3.38. The summed E-state index contributed by atoms with van der Waals surface area (Å²) in [6.07, 6.45) is 5.57. The van der Waals surface area contributed by atoms with Crippen LogP contribution in [-0.4, -0.2) is 65.5 Å². The second-order valence-corrected chi connectivity index (χ2v) is 8.59. The van der Waals surface area contributed by atoms with Crippen molar-refractivity contribution in [2.75, 3.05) is 18.8 Å². The van der Waals surface area contributed by atoms with Crippen molar-refractivity contribution in [1.82, 2.24) is 20.4 Å². The molecule has 0 bridgehead atoms. The lowest BCUT2D eigenvalue weighted by Crippen LogP contribution is -2.42. The number of hydrogen-bond acceptors (Lipinski definition) is 6. The number of hydrogen-bond donors (Lipinski definition) is 2. The molecule has 2 N–H and O–H groups in total. The maximum absolute atomic E-state index is 12.5. The molecule has 132 valence electrons. The Morgan fingerprint density at radius 2 is 2.16 bits per heavy atom. The summed E-state index contributed by atoms with van der Waals surface area (Å²) in [5, 5.41) is 8.42.